The number of hydrogen-bond acceptors (Lipinski definition) is 2. The zero-order valence-electron chi connectivity index (χ0n) is 5.76. The average molecular weight is 129 g/mol. The molecule has 0 spiro atoms. The Morgan fingerprint density at radius 2 is 2.67 bits per heavy atom. The molecule has 3 nitrogen and oxygen atoms in total. The second-order valence-electron chi connectivity index (χ2n) is 2.24. The predicted molar refractivity (Wildman–Crippen MR) is 35.5 cm³/mol. The number of piperazine rings is 1. The average Bonchev–Trinajstić information content (AvgIpc) is 1.91. The molecule has 0 aromatic heterocycles. The highest BCUT2D eigenvalue weighted by atomic mass is 16.5. The minimum atomic E-state index is 0.462. The fourth-order valence-electron chi connectivity index (χ4n) is 0.972. The first kappa shape index (κ1) is 6.99. The van der Waals surface area contributed by atoms with Crippen LogP contribution in [0.25, 0.3) is 0 Å². The van der Waals surface area contributed by atoms with Crippen molar-refractivity contribution in [1.82, 2.24) is 10.6 Å². The third-order valence-corrected chi connectivity index (χ3v) is 1.42. The SMILES string of the molecule is COCC1C[N]CCN1. The van der Waals surface area contributed by atoms with Crippen molar-refractivity contribution in [3.8, 4) is 0 Å². The van der Waals surface area contributed by atoms with Gasteiger partial charge < -0.3 is 10.1 Å². The molecule has 0 aromatic carbocycles. The quantitative estimate of drug-likeness (QED) is 0.530. The van der Waals surface area contributed by atoms with Crippen molar-refractivity contribution in [2.24, 2.45) is 0 Å². The minimum Gasteiger partial charge on any atom is -0.383 e. The van der Waals surface area contributed by atoms with E-state index in [1.807, 2.05) is 0 Å². The summed E-state index contributed by atoms with van der Waals surface area (Å²) in [7, 11) is 1.72. The van der Waals surface area contributed by atoms with Crippen LogP contribution >= 0.6 is 0 Å². The van der Waals surface area contributed by atoms with E-state index in [1.165, 1.54) is 0 Å². The molecule has 3 heteroatoms. The number of nitrogens with one attached hydrogen (secondary N) is 1. The number of rotatable bonds is 2. The van der Waals surface area contributed by atoms with Crippen molar-refractivity contribution in [3.63, 3.8) is 0 Å². The van der Waals surface area contributed by atoms with Crippen LogP contribution in [0.5, 0.6) is 0 Å². The molecule has 1 N–H and O–H groups in total. The van der Waals surface area contributed by atoms with Gasteiger partial charge in [-0.05, 0) is 0 Å². The molecular formula is C6H13N2O. The molecule has 9 heavy (non-hydrogen) atoms. The lowest BCUT2D eigenvalue weighted by atomic mass is 10.2. The summed E-state index contributed by atoms with van der Waals surface area (Å²) >= 11 is 0. The van der Waals surface area contributed by atoms with Crippen LogP contribution in [0, 0.1) is 0 Å². The summed E-state index contributed by atoms with van der Waals surface area (Å²) in [6.07, 6.45) is 0. The highest BCUT2D eigenvalue weighted by molar-refractivity contribution is 4.73. The topological polar surface area (TPSA) is 35.4 Å². The Bertz CT molecular complexity index is 68.7. The smallest absolute Gasteiger partial charge is 0.0628 e. The monoisotopic (exact) mass is 129 g/mol. The third kappa shape index (κ3) is 2.30. The maximum absolute atomic E-state index is 4.96. The predicted octanol–water partition coefficient (Wildman–Crippen LogP) is -0.791. The molecule has 0 saturated carbocycles. The second-order valence-corrected chi connectivity index (χ2v) is 2.24. The van der Waals surface area contributed by atoms with E-state index in [9.17, 15) is 0 Å². The van der Waals surface area contributed by atoms with Gasteiger partial charge in [0.1, 0.15) is 0 Å². The first-order chi connectivity index (χ1) is 4.43. The van der Waals surface area contributed by atoms with E-state index < -0.39 is 0 Å². The van der Waals surface area contributed by atoms with Gasteiger partial charge in [0.2, 0.25) is 0 Å². The summed E-state index contributed by atoms with van der Waals surface area (Å²) in [6.45, 7) is 3.66. The standard InChI is InChI=1S/C6H13N2O/c1-9-5-6-4-7-2-3-8-6/h6,8H,2-5H2,1H3. The van der Waals surface area contributed by atoms with Crippen molar-refractivity contribution in [2.45, 2.75) is 6.04 Å². The van der Waals surface area contributed by atoms with Gasteiger partial charge in [-0.25, -0.2) is 5.32 Å². The maximum atomic E-state index is 4.96. The van der Waals surface area contributed by atoms with Crippen LogP contribution in [0.1, 0.15) is 0 Å². The Kier molecular flexibility index (Phi) is 2.97. The van der Waals surface area contributed by atoms with Gasteiger partial charge in [0, 0.05) is 32.8 Å². The third-order valence-electron chi connectivity index (χ3n) is 1.42. The van der Waals surface area contributed by atoms with E-state index in [4.69, 9.17) is 4.74 Å². The van der Waals surface area contributed by atoms with Gasteiger partial charge in [-0.3, -0.25) is 0 Å². The highest BCUT2D eigenvalue weighted by Crippen LogP contribution is 1.87. The van der Waals surface area contributed by atoms with Crippen molar-refractivity contribution in [2.75, 3.05) is 33.4 Å². The molecule has 1 aliphatic rings. The summed E-state index contributed by atoms with van der Waals surface area (Å²) in [5.74, 6) is 0. The van der Waals surface area contributed by atoms with Crippen LogP contribution < -0.4 is 10.6 Å². The van der Waals surface area contributed by atoms with Gasteiger partial charge in [-0.2, -0.15) is 0 Å². The van der Waals surface area contributed by atoms with Gasteiger partial charge in [-0.1, -0.05) is 0 Å². The molecule has 1 unspecified atom stereocenters. The largest absolute Gasteiger partial charge is 0.383 e. The molecule has 0 aliphatic carbocycles. The number of ether oxygens (including phenoxy) is 1. The van der Waals surface area contributed by atoms with Gasteiger partial charge in [0.15, 0.2) is 0 Å². The molecule has 1 aliphatic heterocycles. The molecule has 1 fully saturated rings. The molecule has 0 bridgehead atoms. The Hall–Kier alpha value is -0.120. The number of hydrogen-bond donors (Lipinski definition) is 1. The fourth-order valence-corrected chi connectivity index (χ4v) is 0.972. The summed E-state index contributed by atoms with van der Waals surface area (Å²) in [5.41, 5.74) is 0. The van der Waals surface area contributed by atoms with Crippen LogP contribution in [0.2, 0.25) is 0 Å². The molecular weight excluding hydrogens is 116 g/mol. The zero-order valence-corrected chi connectivity index (χ0v) is 5.76. The number of nitrogens with zero attached hydrogens (tertiary/aromatic N) is 1. The first-order valence-corrected chi connectivity index (χ1v) is 3.29. The van der Waals surface area contributed by atoms with E-state index >= 15 is 0 Å². The van der Waals surface area contributed by atoms with Crippen molar-refractivity contribution < 1.29 is 4.74 Å². The lowest BCUT2D eigenvalue weighted by Gasteiger charge is -2.21. The summed E-state index contributed by atoms with van der Waals surface area (Å²) in [5, 5.41) is 7.54. The molecule has 0 aromatic rings. The van der Waals surface area contributed by atoms with E-state index in [0.717, 1.165) is 26.2 Å². The summed E-state index contributed by atoms with van der Waals surface area (Å²) in [6, 6.07) is 0.462. The minimum absolute atomic E-state index is 0.462. The molecule has 1 heterocycles. The second kappa shape index (κ2) is 3.82. The van der Waals surface area contributed by atoms with Crippen LogP contribution in [0.15, 0.2) is 0 Å². The van der Waals surface area contributed by atoms with Crippen LogP contribution in [0.3, 0.4) is 0 Å². The Morgan fingerprint density at radius 3 is 3.22 bits per heavy atom. The Labute approximate surface area is 55.8 Å². The molecule has 0 amide bonds. The summed E-state index contributed by atoms with van der Waals surface area (Å²) < 4.78 is 4.96. The van der Waals surface area contributed by atoms with E-state index in [0.29, 0.717) is 6.04 Å². The highest BCUT2D eigenvalue weighted by Gasteiger charge is 2.10. The van der Waals surface area contributed by atoms with Gasteiger partial charge >= 0.3 is 0 Å². The van der Waals surface area contributed by atoms with E-state index in [1.54, 1.807) is 7.11 Å². The number of methoxy groups -OCH3 is 1. The van der Waals surface area contributed by atoms with E-state index in [-0.39, 0.29) is 0 Å². The molecule has 1 atom stereocenters. The Balaban J connectivity index is 2.08. The molecule has 53 valence electrons. The first-order valence-electron chi connectivity index (χ1n) is 3.29. The van der Waals surface area contributed by atoms with E-state index in [2.05, 4.69) is 10.6 Å². The van der Waals surface area contributed by atoms with Crippen molar-refractivity contribution in [3.05, 3.63) is 0 Å². The lowest BCUT2D eigenvalue weighted by molar-refractivity contribution is 0.158. The van der Waals surface area contributed by atoms with Gasteiger partial charge in [0.25, 0.3) is 0 Å². The van der Waals surface area contributed by atoms with Crippen molar-refractivity contribution >= 4 is 0 Å². The van der Waals surface area contributed by atoms with Crippen LogP contribution in [-0.2, 0) is 4.74 Å². The van der Waals surface area contributed by atoms with Gasteiger partial charge in [-0.15, -0.1) is 0 Å². The maximum Gasteiger partial charge on any atom is 0.0628 e. The molecule has 1 radical (unpaired) electrons. The lowest BCUT2D eigenvalue weighted by Crippen LogP contribution is -2.47. The molecule has 1 saturated heterocycles. The zero-order chi connectivity index (χ0) is 6.53. The summed E-state index contributed by atoms with van der Waals surface area (Å²) in [4.78, 5) is 0. The van der Waals surface area contributed by atoms with Crippen molar-refractivity contribution in [1.29, 1.82) is 0 Å². The molecule has 1 rings (SSSR count). The van der Waals surface area contributed by atoms with Crippen LogP contribution in [0.4, 0.5) is 0 Å². The fraction of sp³-hybridized carbons (Fsp3) is 1.00. The van der Waals surface area contributed by atoms with Gasteiger partial charge in [0.05, 0.1) is 6.61 Å². The van der Waals surface area contributed by atoms with Crippen LogP contribution in [-0.4, -0.2) is 39.4 Å². The normalized spacial score (nSPS) is 28.3. The Morgan fingerprint density at radius 1 is 1.78 bits per heavy atom.